The Balaban J connectivity index is 1.20. The first-order valence-electron chi connectivity index (χ1n) is 20.5. The lowest BCUT2D eigenvalue weighted by Gasteiger charge is -2.44. The van der Waals surface area contributed by atoms with Gasteiger partial charge in [0, 0.05) is 24.4 Å². The van der Waals surface area contributed by atoms with E-state index in [9.17, 15) is 8.42 Å². The molecule has 0 bridgehead atoms. The molecule has 1 aliphatic heterocycles. The number of sulfonamides is 1. The van der Waals surface area contributed by atoms with E-state index in [1.54, 1.807) is 40.3 Å². The average molecular weight is 850 g/mol. The standard InChI is InChI=1S/C49H59NO6S2Si/c1-39(25-13-12-24-36-50(37-40-26-14-7-15-27-40)58(51,52)42-30-18-9-19-31-42)54-45(46-47(56-49(5,6)55-46)57-41-28-16-8-17-29-41)38-53-59(48(2,3)4,43-32-20-10-21-33-43)44-34-22-11-23-35-44/h7-11,14-23,26-35,45-47H,1,12-13,24-25,36-38H2,2-6H3/t45-,46+,47+/m1/s1. The zero-order valence-corrected chi connectivity index (χ0v) is 37.7. The van der Waals surface area contributed by atoms with Gasteiger partial charge in [-0.25, -0.2) is 8.42 Å². The largest absolute Gasteiger partial charge is 0.490 e. The summed E-state index contributed by atoms with van der Waals surface area (Å²) in [4.78, 5) is 1.37. The van der Waals surface area contributed by atoms with Gasteiger partial charge in [-0.2, -0.15) is 4.31 Å². The number of thioether (sulfide) groups is 1. The fourth-order valence-electron chi connectivity index (χ4n) is 7.77. The van der Waals surface area contributed by atoms with Crippen LogP contribution in [0.5, 0.6) is 0 Å². The smallest absolute Gasteiger partial charge is 0.261 e. The predicted molar refractivity (Wildman–Crippen MR) is 243 cm³/mol. The molecule has 0 amide bonds. The molecule has 0 aromatic heterocycles. The maximum atomic E-state index is 13.8. The van der Waals surface area contributed by atoms with Crippen molar-refractivity contribution < 1.29 is 27.1 Å². The lowest BCUT2D eigenvalue weighted by atomic mass is 10.1. The molecule has 0 aliphatic carbocycles. The van der Waals surface area contributed by atoms with Crippen molar-refractivity contribution in [2.45, 2.75) is 105 Å². The summed E-state index contributed by atoms with van der Waals surface area (Å²) < 4.78 is 56.8. The third-order valence-electron chi connectivity index (χ3n) is 10.6. The molecule has 10 heteroatoms. The molecule has 1 saturated heterocycles. The topological polar surface area (TPSA) is 74.3 Å². The first-order valence-corrected chi connectivity index (χ1v) is 24.8. The van der Waals surface area contributed by atoms with E-state index in [1.165, 1.54) is 10.4 Å². The Kier molecular flexibility index (Phi) is 15.1. The summed E-state index contributed by atoms with van der Waals surface area (Å²) >= 11 is 1.62. The van der Waals surface area contributed by atoms with Crippen molar-refractivity contribution in [2.24, 2.45) is 0 Å². The maximum absolute atomic E-state index is 13.8. The molecule has 1 heterocycles. The Hall–Kier alpha value is -4.00. The second-order valence-corrected chi connectivity index (χ2v) is 23.9. The third kappa shape index (κ3) is 11.4. The molecule has 1 aliphatic rings. The SMILES string of the molecule is C=C(CCCCCN(Cc1ccccc1)S(=O)(=O)c1ccccc1)O[C@H](CO[Si](c1ccccc1)(c1ccccc1)C(C)(C)C)[C@@H]1OC(C)(C)O[C@H]1Sc1ccccc1. The molecule has 0 radical (unpaired) electrons. The van der Waals surface area contributed by atoms with Crippen molar-refractivity contribution in [1.82, 2.24) is 4.31 Å². The minimum Gasteiger partial charge on any atom is -0.490 e. The van der Waals surface area contributed by atoms with E-state index in [4.69, 9.17) is 18.6 Å². The van der Waals surface area contributed by atoms with Crippen LogP contribution in [0.3, 0.4) is 0 Å². The summed E-state index contributed by atoms with van der Waals surface area (Å²) in [5.41, 5.74) is 0.584. The molecule has 3 atom stereocenters. The number of benzene rings is 5. The summed E-state index contributed by atoms with van der Waals surface area (Å²) in [6.07, 6.45) is 1.86. The van der Waals surface area contributed by atoms with Crippen LogP contribution in [0.15, 0.2) is 174 Å². The molecule has 7 nitrogen and oxygen atoms in total. The number of ether oxygens (including phenoxy) is 3. The van der Waals surface area contributed by atoms with E-state index in [0.717, 1.165) is 23.3 Å². The van der Waals surface area contributed by atoms with Crippen LogP contribution in [-0.4, -0.2) is 57.6 Å². The number of hydrogen-bond donors (Lipinski definition) is 0. The molecule has 5 aromatic carbocycles. The molecule has 0 unspecified atom stereocenters. The molecule has 0 saturated carbocycles. The summed E-state index contributed by atoms with van der Waals surface area (Å²) in [6.45, 7) is 16.1. The Labute approximate surface area is 358 Å². The van der Waals surface area contributed by atoms with Crippen molar-refractivity contribution in [3.63, 3.8) is 0 Å². The van der Waals surface area contributed by atoms with Crippen LogP contribution in [0, 0.1) is 0 Å². The first-order chi connectivity index (χ1) is 28.3. The van der Waals surface area contributed by atoms with Crippen LogP contribution in [0.2, 0.25) is 5.04 Å². The summed E-state index contributed by atoms with van der Waals surface area (Å²) in [6, 6.07) is 49.9. The van der Waals surface area contributed by atoms with Crippen molar-refractivity contribution in [3.05, 3.63) is 170 Å². The van der Waals surface area contributed by atoms with E-state index in [-0.39, 0.29) is 17.1 Å². The van der Waals surface area contributed by atoms with Crippen molar-refractivity contribution in [1.29, 1.82) is 0 Å². The Bertz CT molecular complexity index is 2110. The second kappa shape index (κ2) is 20.0. The summed E-state index contributed by atoms with van der Waals surface area (Å²) in [7, 11) is -6.61. The lowest BCUT2D eigenvalue weighted by Crippen LogP contribution is -2.67. The van der Waals surface area contributed by atoms with Gasteiger partial charge in [0.05, 0.1) is 17.3 Å². The lowest BCUT2D eigenvalue weighted by molar-refractivity contribution is -0.156. The Morgan fingerprint density at radius 2 is 1.29 bits per heavy atom. The molecular formula is C49H59NO6S2Si. The molecule has 0 spiro atoms. The minimum atomic E-state index is -3.68. The number of allylic oxidation sites excluding steroid dienone is 1. The quantitative estimate of drug-likeness (QED) is 0.0439. The highest BCUT2D eigenvalue weighted by atomic mass is 32.2. The molecule has 0 N–H and O–H groups in total. The zero-order valence-electron chi connectivity index (χ0n) is 35.0. The number of hydrogen-bond acceptors (Lipinski definition) is 7. The van der Waals surface area contributed by atoms with Crippen LogP contribution in [0.1, 0.15) is 65.9 Å². The molecule has 59 heavy (non-hydrogen) atoms. The number of nitrogens with zero attached hydrogens (tertiary/aromatic N) is 1. The maximum Gasteiger partial charge on any atom is 0.261 e. The van der Waals surface area contributed by atoms with Gasteiger partial charge in [0.25, 0.3) is 8.32 Å². The zero-order chi connectivity index (χ0) is 41.9. The second-order valence-electron chi connectivity index (χ2n) is 16.5. The van der Waals surface area contributed by atoms with Crippen molar-refractivity contribution in [3.8, 4) is 0 Å². The first kappa shape index (κ1) is 44.5. The molecule has 6 rings (SSSR count). The fourth-order valence-corrected chi connectivity index (χ4v) is 15.1. The van der Waals surface area contributed by atoms with Gasteiger partial charge in [0.2, 0.25) is 10.0 Å². The average Bonchev–Trinajstić information content (AvgIpc) is 3.54. The monoisotopic (exact) mass is 849 g/mol. The van der Waals surface area contributed by atoms with E-state index in [0.29, 0.717) is 36.6 Å². The van der Waals surface area contributed by atoms with Gasteiger partial charge < -0.3 is 18.6 Å². The van der Waals surface area contributed by atoms with Gasteiger partial charge in [-0.05, 0) is 71.9 Å². The summed E-state index contributed by atoms with van der Waals surface area (Å²) in [5, 5.41) is 2.14. The van der Waals surface area contributed by atoms with Gasteiger partial charge in [0.1, 0.15) is 17.6 Å². The molecule has 5 aromatic rings. The van der Waals surface area contributed by atoms with Gasteiger partial charge >= 0.3 is 0 Å². The van der Waals surface area contributed by atoms with E-state index in [2.05, 4.69) is 88.0 Å². The number of rotatable bonds is 20. The molecule has 312 valence electrons. The van der Waals surface area contributed by atoms with Gasteiger partial charge in [0.15, 0.2) is 5.79 Å². The van der Waals surface area contributed by atoms with Crippen LogP contribution in [0.25, 0.3) is 0 Å². The fraction of sp³-hybridized carbons (Fsp3) is 0.347. The highest BCUT2D eigenvalue weighted by Crippen LogP contribution is 2.42. The van der Waals surface area contributed by atoms with Crippen LogP contribution in [0.4, 0.5) is 0 Å². The minimum absolute atomic E-state index is 0.232. The van der Waals surface area contributed by atoms with Crippen LogP contribution in [-0.2, 0) is 35.2 Å². The molecule has 1 fully saturated rings. The van der Waals surface area contributed by atoms with Crippen LogP contribution >= 0.6 is 11.8 Å². The van der Waals surface area contributed by atoms with Gasteiger partial charge in [-0.15, -0.1) is 0 Å². The van der Waals surface area contributed by atoms with Crippen molar-refractivity contribution >= 4 is 40.5 Å². The Morgan fingerprint density at radius 1 is 0.763 bits per heavy atom. The van der Waals surface area contributed by atoms with Gasteiger partial charge in [-0.1, -0.05) is 173 Å². The Morgan fingerprint density at radius 3 is 1.85 bits per heavy atom. The highest BCUT2D eigenvalue weighted by Gasteiger charge is 2.53. The normalized spacial score (nSPS) is 17.5. The van der Waals surface area contributed by atoms with Crippen molar-refractivity contribution in [2.75, 3.05) is 13.2 Å². The van der Waals surface area contributed by atoms with E-state index in [1.807, 2.05) is 80.6 Å². The highest BCUT2D eigenvalue weighted by molar-refractivity contribution is 7.99. The number of unbranched alkanes of at least 4 members (excludes halogenated alkanes) is 2. The summed E-state index contributed by atoms with van der Waals surface area (Å²) in [5.74, 6) is -0.209. The predicted octanol–water partition coefficient (Wildman–Crippen LogP) is 10.2. The van der Waals surface area contributed by atoms with E-state index >= 15 is 0 Å². The molecular weight excluding hydrogens is 791 g/mol. The third-order valence-corrected chi connectivity index (χ3v) is 18.6. The van der Waals surface area contributed by atoms with E-state index < -0.39 is 36.3 Å². The van der Waals surface area contributed by atoms with Crippen LogP contribution < -0.4 is 10.4 Å². The van der Waals surface area contributed by atoms with Gasteiger partial charge in [-0.3, -0.25) is 0 Å².